The Balaban J connectivity index is 1.10. The van der Waals surface area contributed by atoms with Gasteiger partial charge >= 0.3 is 0 Å². The Labute approximate surface area is 376 Å². The quantitative estimate of drug-likeness (QED) is 0.163. The van der Waals surface area contributed by atoms with Gasteiger partial charge in [-0.1, -0.05) is 232 Å². The molecule has 64 heavy (non-hydrogen) atoms. The van der Waals surface area contributed by atoms with E-state index in [0.717, 1.165) is 28.1 Å². The number of rotatable bonds is 6. The molecule has 0 saturated carbocycles. The van der Waals surface area contributed by atoms with Crippen molar-refractivity contribution in [1.82, 2.24) is 4.98 Å². The van der Waals surface area contributed by atoms with E-state index in [9.17, 15) is 0 Å². The molecular formula is C63H45N. The van der Waals surface area contributed by atoms with Crippen LogP contribution in [0, 0.1) is 0 Å². The minimum absolute atomic E-state index is 0.185. The van der Waals surface area contributed by atoms with E-state index >= 15 is 0 Å². The van der Waals surface area contributed by atoms with Crippen molar-refractivity contribution in [3.63, 3.8) is 0 Å². The molecule has 1 nitrogen and oxygen atoms in total. The van der Waals surface area contributed by atoms with E-state index in [4.69, 9.17) is 4.98 Å². The fourth-order valence-corrected chi connectivity index (χ4v) is 11.0. The molecule has 302 valence electrons. The summed E-state index contributed by atoms with van der Waals surface area (Å²) in [7, 11) is 0. The topological polar surface area (TPSA) is 12.9 Å². The first-order valence-electron chi connectivity index (χ1n) is 22.4. The van der Waals surface area contributed by atoms with Crippen molar-refractivity contribution in [2.45, 2.75) is 24.7 Å². The summed E-state index contributed by atoms with van der Waals surface area (Å²) >= 11 is 0. The second-order valence-corrected chi connectivity index (χ2v) is 17.8. The van der Waals surface area contributed by atoms with Crippen LogP contribution in [-0.2, 0) is 10.8 Å². The summed E-state index contributed by atoms with van der Waals surface area (Å²) in [6.07, 6.45) is 0. The highest BCUT2D eigenvalue weighted by molar-refractivity contribution is 5.98. The van der Waals surface area contributed by atoms with Crippen LogP contribution in [0.3, 0.4) is 0 Å². The van der Waals surface area contributed by atoms with Gasteiger partial charge in [-0.15, -0.1) is 0 Å². The normalized spacial score (nSPS) is 13.7. The molecule has 0 aliphatic heterocycles. The van der Waals surface area contributed by atoms with E-state index < -0.39 is 5.41 Å². The highest BCUT2D eigenvalue weighted by atomic mass is 14.7. The van der Waals surface area contributed by atoms with Gasteiger partial charge in [0.05, 0.1) is 16.8 Å². The predicted octanol–water partition coefficient (Wildman–Crippen LogP) is 16.1. The van der Waals surface area contributed by atoms with Crippen molar-refractivity contribution in [3.8, 4) is 78.1 Å². The Morgan fingerprint density at radius 2 is 0.703 bits per heavy atom. The second kappa shape index (κ2) is 14.9. The first kappa shape index (κ1) is 37.9. The smallest absolute Gasteiger partial charge is 0.0722 e. The van der Waals surface area contributed by atoms with Crippen molar-refractivity contribution < 1.29 is 0 Å². The molecule has 0 bridgehead atoms. The number of pyridine rings is 1. The Bertz CT molecular complexity index is 3270. The average Bonchev–Trinajstić information content (AvgIpc) is 3.67. The summed E-state index contributed by atoms with van der Waals surface area (Å²) in [5, 5.41) is 0. The van der Waals surface area contributed by atoms with Crippen LogP contribution < -0.4 is 0 Å². The highest BCUT2D eigenvalue weighted by Crippen LogP contribution is 2.63. The molecule has 0 saturated heterocycles. The lowest BCUT2D eigenvalue weighted by Gasteiger charge is -2.46. The van der Waals surface area contributed by atoms with Gasteiger partial charge in [0.2, 0.25) is 0 Å². The molecule has 1 heteroatoms. The summed E-state index contributed by atoms with van der Waals surface area (Å²) < 4.78 is 0. The maximum Gasteiger partial charge on any atom is 0.0722 e. The van der Waals surface area contributed by atoms with E-state index in [1.807, 2.05) is 0 Å². The second-order valence-electron chi connectivity index (χ2n) is 17.8. The van der Waals surface area contributed by atoms with Gasteiger partial charge in [0.15, 0.2) is 0 Å². The fourth-order valence-electron chi connectivity index (χ4n) is 11.0. The van der Waals surface area contributed by atoms with Crippen LogP contribution in [0.5, 0.6) is 0 Å². The van der Waals surface area contributed by atoms with Crippen LogP contribution >= 0.6 is 0 Å². The molecule has 9 aromatic carbocycles. The fraction of sp³-hybridized carbons (Fsp3) is 0.0635. The number of nitrogens with zero attached hydrogens (tertiary/aromatic N) is 1. The summed E-state index contributed by atoms with van der Waals surface area (Å²) in [6.45, 7) is 4.78. The number of aromatic nitrogens is 1. The zero-order valence-corrected chi connectivity index (χ0v) is 36.0. The van der Waals surface area contributed by atoms with Crippen LogP contribution in [0.15, 0.2) is 237 Å². The van der Waals surface area contributed by atoms with Gasteiger partial charge in [-0.3, -0.25) is 0 Å². The minimum Gasteiger partial charge on any atom is -0.248 e. The van der Waals surface area contributed by atoms with E-state index in [1.54, 1.807) is 0 Å². The van der Waals surface area contributed by atoms with Gasteiger partial charge in [-0.25, -0.2) is 4.98 Å². The lowest BCUT2D eigenvalue weighted by Crippen LogP contribution is -2.40. The summed E-state index contributed by atoms with van der Waals surface area (Å²) in [6, 6.07) is 87.0. The Kier molecular flexibility index (Phi) is 8.81. The standard InChI is InChI=1S/C63H45N/c1-62(2)54-28-14-16-30-56(54)63(57-31-17-15-29-55(57)62)53-38-37-47(43-33-35-45(36-34-43)50-26-13-12-25-49(50)44-21-8-4-9-22-44)39-52(53)61-51(27-18-32-58(61)63)60-41-48(42-19-6-3-7-20-42)40-59(64-60)46-23-10-5-11-24-46/h3-41H,1-2H3. The van der Waals surface area contributed by atoms with Gasteiger partial charge in [-0.05, 0) is 107 Å². The van der Waals surface area contributed by atoms with E-state index in [2.05, 4.69) is 250 Å². The minimum atomic E-state index is -0.535. The molecule has 10 aromatic rings. The Morgan fingerprint density at radius 3 is 1.33 bits per heavy atom. The molecule has 0 fully saturated rings. The third-order valence-corrected chi connectivity index (χ3v) is 14.0. The van der Waals surface area contributed by atoms with Crippen LogP contribution in [0.4, 0.5) is 0 Å². The maximum absolute atomic E-state index is 5.54. The first-order valence-corrected chi connectivity index (χ1v) is 22.4. The molecular weight excluding hydrogens is 771 g/mol. The molecule has 1 spiro atoms. The Morgan fingerprint density at radius 1 is 0.266 bits per heavy atom. The largest absolute Gasteiger partial charge is 0.248 e. The van der Waals surface area contributed by atoms with Gasteiger partial charge in [0, 0.05) is 16.5 Å². The maximum atomic E-state index is 5.54. The SMILES string of the molecule is CC1(C)c2ccccc2C2(c3ccc(-c4ccc(-c5ccccc5-c5ccccc5)cc4)cc3-c3c(-c4cc(-c5ccccc5)cc(-c5ccccc5)n4)cccc32)c2ccccc21. The first-order chi connectivity index (χ1) is 31.5. The summed E-state index contributed by atoms with van der Waals surface area (Å²) in [5.74, 6) is 0. The van der Waals surface area contributed by atoms with E-state index in [0.29, 0.717) is 0 Å². The number of fused-ring (bicyclic) bond motifs is 9. The molecule has 12 rings (SSSR count). The Hall–Kier alpha value is -7.87. The third-order valence-electron chi connectivity index (χ3n) is 14.0. The molecule has 0 radical (unpaired) electrons. The monoisotopic (exact) mass is 815 g/mol. The van der Waals surface area contributed by atoms with Crippen molar-refractivity contribution in [2.75, 3.05) is 0 Å². The van der Waals surface area contributed by atoms with E-state index in [-0.39, 0.29) is 5.41 Å². The molecule has 2 aliphatic rings. The molecule has 1 aromatic heterocycles. The third kappa shape index (κ3) is 5.81. The molecule has 0 atom stereocenters. The van der Waals surface area contributed by atoms with Gasteiger partial charge in [0.1, 0.15) is 0 Å². The zero-order chi connectivity index (χ0) is 42.8. The van der Waals surface area contributed by atoms with Crippen molar-refractivity contribution in [2.24, 2.45) is 0 Å². The number of hydrogen-bond donors (Lipinski definition) is 0. The van der Waals surface area contributed by atoms with Crippen LogP contribution in [-0.4, -0.2) is 4.98 Å². The summed E-state index contributed by atoms with van der Waals surface area (Å²) in [5.41, 5.74) is 23.5. The van der Waals surface area contributed by atoms with Crippen molar-refractivity contribution >= 4 is 0 Å². The van der Waals surface area contributed by atoms with Crippen molar-refractivity contribution in [3.05, 3.63) is 270 Å². The predicted molar refractivity (Wildman–Crippen MR) is 266 cm³/mol. The molecule has 1 heterocycles. The number of benzene rings is 9. The lowest BCUT2D eigenvalue weighted by atomic mass is 9.55. The lowest BCUT2D eigenvalue weighted by molar-refractivity contribution is 0.563. The molecule has 0 unspecified atom stereocenters. The van der Waals surface area contributed by atoms with Crippen molar-refractivity contribution in [1.29, 1.82) is 0 Å². The highest BCUT2D eigenvalue weighted by Gasteiger charge is 2.53. The molecule has 0 N–H and O–H groups in total. The average molecular weight is 816 g/mol. The summed E-state index contributed by atoms with van der Waals surface area (Å²) in [4.78, 5) is 5.54. The van der Waals surface area contributed by atoms with Gasteiger partial charge < -0.3 is 0 Å². The molecule has 2 aliphatic carbocycles. The number of hydrogen-bond acceptors (Lipinski definition) is 1. The van der Waals surface area contributed by atoms with Crippen LogP contribution in [0.2, 0.25) is 0 Å². The van der Waals surface area contributed by atoms with Gasteiger partial charge in [0.25, 0.3) is 0 Å². The van der Waals surface area contributed by atoms with Crippen LogP contribution in [0.1, 0.15) is 47.2 Å². The van der Waals surface area contributed by atoms with Crippen LogP contribution in [0.25, 0.3) is 78.1 Å². The zero-order valence-electron chi connectivity index (χ0n) is 36.0. The van der Waals surface area contributed by atoms with E-state index in [1.165, 1.54) is 83.5 Å². The molecule has 0 amide bonds. The van der Waals surface area contributed by atoms with Gasteiger partial charge in [-0.2, -0.15) is 0 Å².